The third-order valence-electron chi connectivity index (χ3n) is 5.08. The molecule has 2 aromatic rings. The van der Waals surface area contributed by atoms with Crippen molar-refractivity contribution in [2.45, 2.75) is 37.6 Å². The van der Waals surface area contributed by atoms with E-state index >= 15 is 0 Å². The van der Waals surface area contributed by atoms with Gasteiger partial charge in [0.15, 0.2) is 0 Å². The zero-order chi connectivity index (χ0) is 18.4. The number of hydrogen-bond acceptors (Lipinski definition) is 3. The summed E-state index contributed by atoms with van der Waals surface area (Å²) in [5.74, 6) is -1.02. The van der Waals surface area contributed by atoms with Gasteiger partial charge in [-0.05, 0) is 42.8 Å². The molecule has 4 rings (SSSR count). The fourth-order valence-corrected chi connectivity index (χ4v) is 4.28. The maximum Gasteiger partial charge on any atom is 0.230 e. The summed E-state index contributed by atoms with van der Waals surface area (Å²) in [7, 11) is 0. The molecule has 2 saturated heterocycles. The molecule has 2 bridgehead atoms. The van der Waals surface area contributed by atoms with E-state index < -0.39 is 24.3 Å². The predicted octanol–water partition coefficient (Wildman–Crippen LogP) is 4.54. The molecular formula is C19H17Cl2FN2O2. The first-order chi connectivity index (χ1) is 12.4. The number of benzene rings is 1. The summed E-state index contributed by atoms with van der Waals surface area (Å²) in [4.78, 5) is 17.2. The molecule has 2 aliphatic heterocycles. The Hall–Kier alpha value is -1.69. The zero-order valence-corrected chi connectivity index (χ0v) is 15.5. The van der Waals surface area contributed by atoms with Crippen LogP contribution in [0.3, 0.4) is 0 Å². The van der Waals surface area contributed by atoms with Crippen LogP contribution in [0.2, 0.25) is 10.0 Å². The average Bonchev–Trinajstić information content (AvgIpc) is 3.15. The zero-order valence-electron chi connectivity index (χ0n) is 14.0. The maximum absolute atomic E-state index is 14.3. The van der Waals surface area contributed by atoms with E-state index in [0.717, 1.165) is 11.3 Å². The van der Waals surface area contributed by atoms with Crippen LogP contribution in [0.15, 0.2) is 36.5 Å². The number of hydrogen-bond donors (Lipinski definition) is 1. The lowest BCUT2D eigenvalue weighted by Gasteiger charge is -2.29. The number of aryl methyl sites for hydroxylation is 1. The highest BCUT2D eigenvalue weighted by Crippen LogP contribution is 2.50. The molecule has 7 heteroatoms. The van der Waals surface area contributed by atoms with E-state index in [9.17, 15) is 9.18 Å². The predicted molar refractivity (Wildman–Crippen MR) is 98.5 cm³/mol. The Bertz CT molecular complexity index is 863. The topological polar surface area (TPSA) is 51.2 Å². The Labute approximate surface area is 160 Å². The molecule has 26 heavy (non-hydrogen) atoms. The smallest absolute Gasteiger partial charge is 0.230 e. The number of aromatic nitrogens is 1. The van der Waals surface area contributed by atoms with Crippen molar-refractivity contribution in [3.8, 4) is 0 Å². The molecule has 1 amide bonds. The van der Waals surface area contributed by atoms with Crippen LogP contribution in [0.1, 0.15) is 23.6 Å². The van der Waals surface area contributed by atoms with Gasteiger partial charge in [0.2, 0.25) is 5.91 Å². The van der Waals surface area contributed by atoms with Crippen molar-refractivity contribution in [3.63, 3.8) is 0 Å². The molecule has 0 saturated carbocycles. The van der Waals surface area contributed by atoms with Crippen molar-refractivity contribution in [1.82, 2.24) is 4.98 Å². The summed E-state index contributed by atoms with van der Waals surface area (Å²) in [6, 6.07) is 8.62. The van der Waals surface area contributed by atoms with Crippen LogP contribution in [0.5, 0.6) is 0 Å². The molecule has 1 aromatic heterocycles. The number of ether oxygens (including phenoxy) is 1. The molecule has 5 atom stereocenters. The number of nitrogens with zero attached hydrogens (tertiary/aromatic N) is 1. The Morgan fingerprint density at radius 3 is 2.81 bits per heavy atom. The maximum atomic E-state index is 14.3. The fourth-order valence-electron chi connectivity index (χ4n) is 3.98. The Kier molecular flexibility index (Phi) is 4.63. The second-order valence-corrected chi connectivity index (χ2v) is 7.61. The standard InChI is InChI=1S/C19H17Cl2FN2O2/c1-9-6-10(4-5-23-9)16-17(15-8-14(22)18(16)26-15)19(25)24-11-2-3-12(20)13(21)7-11/h2-7,14-18H,8H2,1H3,(H,24,25)/t14-,15-,16-,17+,18+/m0/s1. The van der Waals surface area contributed by atoms with E-state index in [2.05, 4.69) is 10.3 Å². The van der Waals surface area contributed by atoms with Crippen LogP contribution < -0.4 is 5.32 Å². The lowest BCUT2D eigenvalue weighted by Crippen LogP contribution is -2.39. The van der Waals surface area contributed by atoms with Gasteiger partial charge in [-0.15, -0.1) is 0 Å². The molecule has 0 aliphatic carbocycles. The summed E-state index contributed by atoms with van der Waals surface area (Å²) in [6.45, 7) is 1.87. The number of carbonyl (C=O) groups is 1. The van der Waals surface area contributed by atoms with Gasteiger partial charge in [-0.2, -0.15) is 0 Å². The molecule has 3 heterocycles. The van der Waals surface area contributed by atoms with E-state index in [1.165, 1.54) is 0 Å². The van der Waals surface area contributed by atoms with Crippen LogP contribution in [0, 0.1) is 12.8 Å². The molecule has 0 radical (unpaired) electrons. The number of halogens is 3. The highest BCUT2D eigenvalue weighted by molar-refractivity contribution is 6.42. The highest BCUT2D eigenvalue weighted by Gasteiger charge is 2.57. The average molecular weight is 395 g/mol. The first kappa shape index (κ1) is 17.7. The summed E-state index contributed by atoms with van der Waals surface area (Å²) < 4.78 is 20.1. The van der Waals surface area contributed by atoms with Crippen molar-refractivity contribution < 1.29 is 13.9 Å². The van der Waals surface area contributed by atoms with Crippen molar-refractivity contribution in [3.05, 3.63) is 57.8 Å². The van der Waals surface area contributed by atoms with Gasteiger partial charge < -0.3 is 10.1 Å². The van der Waals surface area contributed by atoms with E-state index in [4.69, 9.17) is 27.9 Å². The number of carbonyl (C=O) groups excluding carboxylic acids is 1. The van der Waals surface area contributed by atoms with Gasteiger partial charge in [0.05, 0.1) is 28.2 Å². The Morgan fingerprint density at radius 2 is 2.08 bits per heavy atom. The third-order valence-corrected chi connectivity index (χ3v) is 5.82. The molecule has 0 spiro atoms. The Morgan fingerprint density at radius 1 is 1.27 bits per heavy atom. The third kappa shape index (κ3) is 3.08. The SMILES string of the molecule is Cc1cc([C@@H]2[C@@H]3O[C@@H](C[C@@H]3F)[C@H]2C(=O)Nc2ccc(Cl)c(Cl)c2)ccn1. The summed E-state index contributed by atoms with van der Waals surface area (Å²) in [5.41, 5.74) is 2.25. The minimum Gasteiger partial charge on any atom is -0.370 e. The van der Waals surface area contributed by atoms with Crippen LogP contribution in [0.25, 0.3) is 0 Å². The fraction of sp³-hybridized carbons (Fsp3) is 0.368. The first-order valence-electron chi connectivity index (χ1n) is 8.42. The lowest BCUT2D eigenvalue weighted by molar-refractivity contribution is -0.121. The van der Waals surface area contributed by atoms with Crippen LogP contribution in [-0.2, 0) is 9.53 Å². The van der Waals surface area contributed by atoms with Gasteiger partial charge in [-0.1, -0.05) is 23.2 Å². The van der Waals surface area contributed by atoms with Gasteiger partial charge in [-0.3, -0.25) is 9.78 Å². The monoisotopic (exact) mass is 394 g/mol. The minimum atomic E-state index is -1.06. The summed E-state index contributed by atoms with van der Waals surface area (Å²) >= 11 is 11.9. The number of alkyl halides is 1. The van der Waals surface area contributed by atoms with Crippen LogP contribution in [0.4, 0.5) is 10.1 Å². The van der Waals surface area contributed by atoms with E-state index in [0.29, 0.717) is 15.7 Å². The quantitative estimate of drug-likeness (QED) is 0.830. The number of fused-ring (bicyclic) bond motifs is 2. The molecule has 1 aromatic carbocycles. The van der Waals surface area contributed by atoms with E-state index in [1.54, 1.807) is 24.4 Å². The highest BCUT2D eigenvalue weighted by atomic mass is 35.5. The minimum absolute atomic E-state index is 0.206. The molecule has 4 nitrogen and oxygen atoms in total. The molecule has 136 valence electrons. The van der Waals surface area contributed by atoms with Crippen molar-refractivity contribution in [1.29, 1.82) is 0 Å². The molecule has 1 N–H and O–H groups in total. The van der Waals surface area contributed by atoms with Gasteiger partial charge in [0.1, 0.15) is 6.17 Å². The first-order valence-corrected chi connectivity index (χ1v) is 9.17. The number of amides is 1. The second-order valence-electron chi connectivity index (χ2n) is 6.79. The van der Waals surface area contributed by atoms with Crippen molar-refractivity contribution >= 4 is 34.8 Å². The molecular weight excluding hydrogens is 378 g/mol. The number of rotatable bonds is 3. The van der Waals surface area contributed by atoms with E-state index in [-0.39, 0.29) is 18.2 Å². The van der Waals surface area contributed by atoms with Gasteiger partial charge >= 0.3 is 0 Å². The van der Waals surface area contributed by atoms with Crippen LogP contribution >= 0.6 is 23.2 Å². The Balaban J connectivity index is 1.62. The second kappa shape index (κ2) is 6.80. The van der Waals surface area contributed by atoms with Crippen LogP contribution in [-0.4, -0.2) is 29.3 Å². The normalized spacial score (nSPS) is 29.8. The molecule has 0 unspecified atom stereocenters. The largest absolute Gasteiger partial charge is 0.370 e. The van der Waals surface area contributed by atoms with Gasteiger partial charge in [0.25, 0.3) is 0 Å². The van der Waals surface area contributed by atoms with E-state index in [1.807, 2.05) is 19.1 Å². The number of pyridine rings is 1. The summed E-state index contributed by atoms with van der Waals surface area (Å²) in [5, 5.41) is 3.64. The van der Waals surface area contributed by atoms with Crippen molar-refractivity contribution in [2.75, 3.05) is 5.32 Å². The number of nitrogens with one attached hydrogen (secondary N) is 1. The van der Waals surface area contributed by atoms with Gasteiger partial charge in [-0.25, -0.2) is 4.39 Å². The van der Waals surface area contributed by atoms with Crippen molar-refractivity contribution in [2.24, 2.45) is 5.92 Å². The molecule has 2 aliphatic rings. The van der Waals surface area contributed by atoms with Gasteiger partial charge in [0, 0.05) is 29.9 Å². The molecule has 2 fully saturated rings. The lowest BCUT2D eigenvalue weighted by atomic mass is 9.74. The number of anilines is 1. The summed E-state index contributed by atoms with van der Waals surface area (Å²) in [6.07, 6.45) is -0.183.